The Morgan fingerprint density at radius 1 is 1.65 bits per heavy atom. The molecule has 6 heteroatoms. The molecule has 1 amide bonds. The number of hydrogen-bond donors (Lipinski definition) is 1. The van der Waals surface area contributed by atoms with Crippen molar-refractivity contribution >= 4 is 23.3 Å². The molecule has 1 N–H and O–H groups in total. The van der Waals surface area contributed by atoms with Crippen LogP contribution in [-0.2, 0) is 4.74 Å². The summed E-state index contributed by atoms with van der Waals surface area (Å²) >= 11 is 6.07. The number of nitrogens with zero attached hydrogens (tertiary/aromatic N) is 2. The van der Waals surface area contributed by atoms with Crippen LogP contribution in [0.25, 0.3) is 0 Å². The molecule has 0 saturated carbocycles. The van der Waals surface area contributed by atoms with Gasteiger partial charge in [-0.15, -0.1) is 0 Å². The summed E-state index contributed by atoms with van der Waals surface area (Å²) in [5, 5.41) is 3.33. The minimum absolute atomic E-state index is 0.0555. The maximum Gasteiger partial charge on any atom is 0.255 e. The smallest absolute Gasteiger partial charge is 0.255 e. The van der Waals surface area contributed by atoms with Crippen LogP contribution in [0.3, 0.4) is 0 Å². The number of carbonyl (C=O) groups is 1. The monoisotopic (exact) mass is 297 g/mol. The SMILES string of the molecule is CCN(CC1CCCO1)C(=O)c1cnc(NC)c(Cl)c1. The standard InChI is InChI=1S/C14H20ClN3O2/c1-3-18(9-11-5-4-6-20-11)14(19)10-7-12(15)13(16-2)17-8-10/h7-8,11H,3-6,9H2,1-2H3,(H,16,17). The van der Waals surface area contributed by atoms with Gasteiger partial charge in [-0.2, -0.15) is 0 Å². The quantitative estimate of drug-likeness (QED) is 0.907. The zero-order valence-corrected chi connectivity index (χ0v) is 12.6. The molecule has 1 atom stereocenters. The number of likely N-dealkylation sites (N-methyl/N-ethyl adjacent to an activating group) is 1. The number of amides is 1. The van der Waals surface area contributed by atoms with Crippen LogP contribution in [0.5, 0.6) is 0 Å². The lowest BCUT2D eigenvalue weighted by molar-refractivity contribution is 0.0539. The number of ether oxygens (including phenoxy) is 1. The van der Waals surface area contributed by atoms with Gasteiger partial charge in [-0.25, -0.2) is 4.98 Å². The molecule has 0 radical (unpaired) electrons. The highest BCUT2D eigenvalue weighted by Crippen LogP contribution is 2.21. The Labute approximate surface area is 124 Å². The third-order valence-corrected chi connectivity index (χ3v) is 3.73. The largest absolute Gasteiger partial charge is 0.376 e. The van der Waals surface area contributed by atoms with Crippen LogP contribution >= 0.6 is 11.6 Å². The van der Waals surface area contributed by atoms with Crippen LogP contribution in [-0.4, -0.2) is 48.6 Å². The molecule has 1 aliphatic rings. The van der Waals surface area contributed by atoms with E-state index in [1.807, 2.05) is 6.92 Å². The van der Waals surface area contributed by atoms with E-state index < -0.39 is 0 Å². The van der Waals surface area contributed by atoms with Crippen molar-refractivity contribution in [2.75, 3.05) is 32.1 Å². The summed E-state index contributed by atoms with van der Waals surface area (Å²) in [6.07, 6.45) is 3.79. The van der Waals surface area contributed by atoms with Crippen molar-refractivity contribution in [3.05, 3.63) is 22.8 Å². The zero-order valence-electron chi connectivity index (χ0n) is 11.9. The first-order valence-electron chi connectivity index (χ1n) is 6.89. The molecule has 0 aliphatic carbocycles. The third kappa shape index (κ3) is 3.41. The Hall–Kier alpha value is -1.33. The van der Waals surface area contributed by atoms with E-state index >= 15 is 0 Å². The summed E-state index contributed by atoms with van der Waals surface area (Å²) < 4.78 is 5.59. The average Bonchev–Trinajstić information content (AvgIpc) is 2.97. The Morgan fingerprint density at radius 3 is 3.00 bits per heavy atom. The Bertz CT molecular complexity index is 475. The van der Waals surface area contributed by atoms with Crippen LogP contribution in [0.15, 0.2) is 12.3 Å². The molecular formula is C14H20ClN3O2. The van der Waals surface area contributed by atoms with Crippen molar-refractivity contribution in [1.29, 1.82) is 0 Å². The minimum Gasteiger partial charge on any atom is -0.376 e. The molecule has 1 aromatic rings. The first-order valence-corrected chi connectivity index (χ1v) is 7.27. The molecule has 1 aliphatic heterocycles. The van der Waals surface area contributed by atoms with E-state index in [0.29, 0.717) is 29.5 Å². The van der Waals surface area contributed by atoms with Gasteiger partial charge in [-0.3, -0.25) is 4.79 Å². The second-order valence-electron chi connectivity index (χ2n) is 4.78. The molecule has 1 aromatic heterocycles. The van der Waals surface area contributed by atoms with Gasteiger partial charge in [-0.05, 0) is 25.8 Å². The predicted octanol–water partition coefficient (Wildman–Crippen LogP) is 2.42. The second kappa shape index (κ2) is 6.90. The Balaban J connectivity index is 2.09. The first kappa shape index (κ1) is 15.1. The maximum absolute atomic E-state index is 12.5. The van der Waals surface area contributed by atoms with Gasteiger partial charge in [0.05, 0.1) is 16.7 Å². The number of pyridine rings is 1. The van der Waals surface area contributed by atoms with E-state index in [9.17, 15) is 4.79 Å². The summed E-state index contributed by atoms with van der Waals surface area (Å²) in [6.45, 7) is 4.02. The van der Waals surface area contributed by atoms with Gasteiger partial charge in [0.15, 0.2) is 0 Å². The highest BCUT2D eigenvalue weighted by molar-refractivity contribution is 6.33. The molecule has 20 heavy (non-hydrogen) atoms. The van der Waals surface area contributed by atoms with Crippen LogP contribution in [0.4, 0.5) is 5.82 Å². The van der Waals surface area contributed by atoms with E-state index in [4.69, 9.17) is 16.3 Å². The number of carbonyl (C=O) groups excluding carboxylic acids is 1. The molecule has 1 unspecified atom stereocenters. The van der Waals surface area contributed by atoms with E-state index in [0.717, 1.165) is 19.4 Å². The topological polar surface area (TPSA) is 54.5 Å². The summed E-state index contributed by atoms with van der Waals surface area (Å²) in [6, 6.07) is 1.65. The van der Waals surface area contributed by atoms with Crippen molar-refractivity contribution in [1.82, 2.24) is 9.88 Å². The lowest BCUT2D eigenvalue weighted by atomic mass is 10.2. The summed E-state index contributed by atoms with van der Waals surface area (Å²) in [7, 11) is 1.74. The van der Waals surface area contributed by atoms with Crippen LogP contribution in [0.1, 0.15) is 30.1 Å². The fourth-order valence-electron chi connectivity index (χ4n) is 2.31. The van der Waals surface area contributed by atoms with Gasteiger partial charge in [0.2, 0.25) is 0 Å². The van der Waals surface area contributed by atoms with Crippen molar-refractivity contribution in [3.63, 3.8) is 0 Å². The Kier molecular flexibility index (Phi) is 5.20. The van der Waals surface area contributed by atoms with Crippen molar-refractivity contribution in [2.45, 2.75) is 25.9 Å². The number of halogens is 1. The number of aromatic nitrogens is 1. The molecule has 1 saturated heterocycles. The number of nitrogens with one attached hydrogen (secondary N) is 1. The number of hydrogen-bond acceptors (Lipinski definition) is 4. The number of rotatable bonds is 5. The van der Waals surface area contributed by atoms with Gasteiger partial charge in [0.25, 0.3) is 5.91 Å². The molecule has 110 valence electrons. The van der Waals surface area contributed by atoms with E-state index in [-0.39, 0.29) is 12.0 Å². The number of anilines is 1. The van der Waals surface area contributed by atoms with Gasteiger partial charge in [0.1, 0.15) is 5.82 Å². The van der Waals surface area contributed by atoms with Crippen molar-refractivity contribution in [3.8, 4) is 0 Å². The van der Waals surface area contributed by atoms with Crippen LogP contribution < -0.4 is 5.32 Å². The second-order valence-corrected chi connectivity index (χ2v) is 5.19. The fraction of sp³-hybridized carbons (Fsp3) is 0.571. The molecule has 0 spiro atoms. The minimum atomic E-state index is -0.0555. The highest BCUT2D eigenvalue weighted by atomic mass is 35.5. The Morgan fingerprint density at radius 2 is 2.45 bits per heavy atom. The first-order chi connectivity index (χ1) is 9.65. The van der Waals surface area contributed by atoms with E-state index in [2.05, 4.69) is 10.3 Å². The normalized spacial score (nSPS) is 18.1. The lowest BCUT2D eigenvalue weighted by Crippen LogP contribution is -2.37. The highest BCUT2D eigenvalue weighted by Gasteiger charge is 2.23. The summed E-state index contributed by atoms with van der Waals surface area (Å²) in [5.74, 6) is 0.519. The molecule has 0 bridgehead atoms. The van der Waals surface area contributed by atoms with E-state index in [1.54, 1.807) is 24.2 Å². The fourth-order valence-corrected chi connectivity index (χ4v) is 2.57. The summed E-state index contributed by atoms with van der Waals surface area (Å²) in [5.41, 5.74) is 0.508. The van der Waals surface area contributed by atoms with Crippen LogP contribution in [0, 0.1) is 0 Å². The van der Waals surface area contributed by atoms with Gasteiger partial charge >= 0.3 is 0 Å². The molecule has 1 fully saturated rings. The lowest BCUT2D eigenvalue weighted by Gasteiger charge is -2.24. The van der Waals surface area contributed by atoms with Crippen molar-refractivity contribution in [2.24, 2.45) is 0 Å². The van der Waals surface area contributed by atoms with Gasteiger partial charge in [-0.1, -0.05) is 11.6 Å². The summed E-state index contributed by atoms with van der Waals surface area (Å²) in [4.78, 5) is 18.4. The maximum atomic E-state index is 12.5. The molecule has 2 heterocycles. The molecule has 5 nitrogen and oxygen atoms in total. The van der Waals surface area contributed by atoms with Gasteiger partial charge < -0.3 is 15.0 Å². The van der Waals surface area contributed by atoms with Crippen molar-refractivity contribution < 1.29 is 9.53 Å². The molecule has 2 rings (SSSR count). The molecule has 0 aromatic carbocycles. The predicted molar refractivity (Wildman–Crippen MR) is 79.3 cm³/mol. The van der Waals surface area contributed by atoms with Crippen LogP contribution in [0.2, 0.25) is 5.02 Å². The van der Waals surface area contributed by atoms with E-state index in [1.165, 1.54) is 0 Å². The molecular weight excluding hydrogens is 278 g/mol. The third-order valence-electron chi connectivity index (χ3n) is 3.44. The zero-order chi connectivity index (χ0) is 14.5. The van der Waals surface area contributed by atoms with Gasteiger partial charge in [0, 0.05) is 32.9 Å². The average molecular weight is 298 g/mol.